The monoisotopic (exact) mass is 254 g/mol. The van der Waals surface area contributed by atoms with Gasteiger partial charge < -0.3 is 4.74 Å². The molecule has 0 aliphatic rings. The van der Waals surface area contributed by atoms with Crippen molar-refractivity contribution >= 4 is 5.78 Å². The molecule has 0 heterocycles. The van der Waals surface area contributed by atoms with Crippen molar-refractivity contribution in [3.05, 3.63) is 71.3 Å². The lowest BCUT2D eigenvalue weighted by Gasteiger charge is -2.15. The molecule has 2 heteroatoms. The van der Waals surface area contributed by atoms with Crippen LogP contribution in [0.5, 0.6) is 0 Å². The molecule has 0 aliphatic heterocycles. The van der Waals surface area contributed by atoms with E-state index >= 15 is 0 Å². The summed E-state index contributed by atoms with van der Waals surface area (Å²) < 4.78 is 5.46. The Hall–Kier alpha value is -1.93. The maximum absolute atomic E-state index is 12.2. The Balaban J connectivity index is 2.14. The molecule has 1 atom stereocenters. The predicted molar refractivity (Wildman–Crippen MR) is 76.3 cm³/mol. The molecular weight excluding hydrogens is 236 g/mol. The van der Waals surface area contributed by atoms with E-state index in [-0.39, 0.29) is 11.9 Å². The predicted octanol–water partition coefficient (Wildman–Crippen LogP) is 3.96. The second-order valence-corrected chi connectivity index (χ2v) is 4.63. The number of benzene rings is 2. The summed E-state index contributed by atoms with van der Waals surface area (Å²) in [5.74, 6) is 0.106. The fourth-order valence-corrected chi connectivity index (χ4v) is 2.12. The quantitative estimate of drug-likeness (QED) is 0.755. The molecular formula is C17H18O2. The van der Waals surface area contributed by atoms with Crippen LogP contribution in [-0.2, 0) is 4.74 Å². The first-order valence-corrected chi connectivity index (χ1v) is 6.38. The first-order chi connectivity index (χ1) is 9.20. The highest BCUT2D eigenvalue weighted by Gasteiger charge is 2.16. The van der Waals surface area contributed by atoms with Crippen LogP contribution >= 0.6 is 0 Å². The Morgan fingerprint density at radius 3 is 2.47 bits per heavy atom. The summed E-state index contributed by atoms with van der Waals surface area (Å²) in [6, 6.07) is 17.4. The van der Waals surface area contributed by atoms with Crippen molar-refractivity contribution in [1.82, 2.24) is 0 Å². The first-order valence-electron chi connectivity index (χ1n) is 6.38. The molecule has 0 radical (unpaired) electrons. The highest BCUT2D eigenvalue weighted by molar-refractivity contribution is 5.96. The van der Waals surface area contributed by atoms with Crippen molar-refractivity contribution < 1.29 is 9.53 Å². The van der Waals surface area contributed by atoms with Gasteiger partial charge in [0.1, 0.15) is 0 Å². The van der Waals surface area contributed by atoms with E-state index in [0.29, 0.717) is 6.42 Å². The molecule has 0 amide bonds. The van der Waals surface area contributed by atoms with Gasteiger partial charge in [-0.25, -0.2) is 0 Å². The van der Waals surface area contributed by atoms with Gasteiger partial charge in [-0.2, -0.15) is 0 Å². The summed E-state index contributed by atoms with van der Waals surface area (Å²) in [6.45, 7) is 2.04. The van der Waals surface area contributed by atoms with Crippen molar-refractivity contribution in [2.45, 2.75) is 19.4 Å². The minimum absolute atomic E-state index is 0.106. The highest BCUT2D eigenvalue weighted by atomic mass is 16.5. The second-order valence-electron chi connectivity index (χ2n) is 4.63. The molecule has 0 saturated carbocycles. The molecule has 2 rings (SSSR count). The zero-order chi connectivity index (χ0) is 13.7. The molecule has 0 spiro atoms. The van der Waals surface area contributed by atoms with Crippen LogP contribution in [0.1, 0.15) is 34.0 Å². The van der Waals surface area contributed by atoms with E-state index < -0.39 is 0 Å². The highest BCUT2D eigenvalue weighted by Crippen LogP contribution is 2.23. The summed E-state index contributed by atoms with van der Waals surface area (Å²) in [5, 5.41) is 0. The van der Waals surface area contributed by atoms with Gasteiger partial charge in [0.2, 0.25) is 0 Å². The lowest BCUT2D eigenvalue weighted by atomic mass is 9.99. The first kappa shape index (κ1) is 13.5. The van der Waals surface area contributed by atoms with E-state index in [9.17, 15) is 4.79 Å². The van der Waals surface area contributed by atoms with Gasteiger partial charge in [-0.1, -0.05) is 60.2 Å². The third-order valence-electron chi connectivity index (χ3n) is 3.16. The molecule has 0 bridgehead atoms. The van der Waals surface area contributed by atoms with Crippen molar-refractivity contribution in [2.24, 2.45) is 0 Å². The van der Waals surface area contributed by atoms with Crippen LogP contribution in [0.3, 0.4) is 0 Å². The lowest BCUT2D eigenvalue weighted by Crippen LogP contribution is -2.09. The number of carbonyl (C=O) groups is 1. The Bertz CT molecular complexity index is 546. The van der Waals surface area contributed by atoms with Gasteiger partial charge in [-0.15, -0.1) is 0 Å². The summed E-state index contributed by atoms with van der Waals surface area (Å²) in [5.41, 5.74) is 2.95. The Morgan fingerprint density at radius 1 is 1.11 bits per heavy atom. The van der Waals surface area contributed by atoms with Crippen LogP contribution in [0.25, 0.3) is 0 Å². The number of carbonyl (C=O) groups excluding carboxylic acids is 1. The summed E-state index contributed by atoms with van der Waals surface area (Å²) in [7, 11) is 1.64. The molecule has 2 aromatic carbocycles. The Labute approximate surface area is 114 Å². The Morgan fingerprint density at radius 2 is 1.84 bits per heavy atom. The number of ketones is 1. The van der Waals surface area contributed by atoms with Gasteiger partial charge in [-0.05, 0) is 12.5 Å². The molecule has 98 valence electrons. The summed E-state index contributed by atoms with van der Waals surface area (Å²) in [6.07, 6.45) is 0.178. The van der Waals surface area contributed by atoms with Crippen LogP contribution in [0.4, 0.5) is 0 Å². The average molecular weight is 254 g/mol. The zero-order valence-corrected chi connectivity index (χ0v) is 11.3. The molecule has 2 aromatic rings. The summed E-state index contributed by atoms with van der Waals surface area (Å²) >= 11 is 0. The average Bonchev–Trinajstić information content (AvgIpc) is 2.45. The van der Waals surface area contributed by atoms with E-state index in [0.717, 1.165) is 11.1 Å². The smallest absolute Gasteiger partial charge is 0.165 e. The van der Waals surface area contributed by atoms with Crippen LogP contribution in [0.15, 0.2) is 54.6 Å². The number of Topliss-reactive ketones (excluding diaryl/α,β-unsaturated/α-hetero) is 1. The summed E-state index contributed by atoms with van der Waals surface area (Å²) in [4.78, 5) is 12.2. The van der Waals surface area contributed by atoms with Crippen molar-refractivity contribution in [2.75, 3.05) is 7.11 Å². The zero-order valence-electron chi connectivity index (χ0n) is 11.3. The number of rotatable bonds is 5. The molecule has 0 aliphatic carbocycles. The maximum Gasteiger partial charge on any atom is 0.165 e. The van der Waals surface area contributed by atoms with E-state index in [1.54, 1.807) is 7.11 Å². The van der Waals surface area contributed by atoms with Gasteiger partial charge >= 0.3 is 0 Å². The molecule has 0 fully saturated rings. The number of hydrogen-bond donors (Lipinski definition) is 0. The van der Waals surface area contributed by atoms with Gasteiger partial charge in [0.05, 0.1) is 6.10 Å². The van der Waals surface area contributed by atoms with Gasteiger partial charge in [0.25, 0.3) is 0 Å². The normalized spacial score (nSPS) is 12.1. The molecule has 2 nitrogen and oxygen atoms in total. The third-order valence-corrected chi connectivity index (χ3v) is 3.16. The van der Waals surface area contributed by atoms with Gasteiger partial charge in [0.15, 0.2) is 5.78 Å². The minimum atomic E-state index is -0.187. The van der Waals surface area contributed by atoms with Crippen molar-refractivity contribution in [1.29, 1.82) is 0 Å². The number of methoxy groups -OCH3 is 1. The van der Waals surface area contributed by atoms with Crippen molar-refractivity contribution in [3.8, 4) is 0 Å². The van der Waals surface area contributed by atoms with E-state index in [4.69, 9.17) is 4.74 Å². The molecule has 1 unspecified atom stereocenters. The molecule has 0 aromatic heterocycles. The topological polar surface area (TPSA) is 26.3 Å². The van der Waals surface area contributed by atoms with E-state index in [2.05, 4.69) is 6.07 Å². The fraction of sp³-hybridized carbons (Fsp3) is 0.235. The molecule has 0 N–H and O–H groups in total. The number of hydrogen-bond acceptors (Lipinski definition) is 2. The second kappa shape index (κ2) is 6.30. The van der Waals surface area contributed by atoms with E-state index in [1.807, 2.05) is 55.5 Å². The van der Waals surface area contributed by atoms with Crippen LogP contribution in [0, 0.1) is 6.92 Å². The fourth-order valence-electron chi connectivity index (χ4n) is 2.12. The number of aryl methyl sites for hydroxylation is 1. The SMILES string of the molecule is COC(CC(=O)c1ccccc1)c1cccc(C)c1. The molecule has 19 heavy (non-hydrogen) atoms. The van der Waals surface area contributed by atoms with Crippen LogP contribution in [-0.4, -0.2) is 12.9 Å². The molecule has 0 saturated heterocycles. The Kier molecular flexibility index (Phi) is 4.48. The minimum Gasteiger partial charge on any atom is -0.376 e. The van der Waals surface area contributed by atoms with Gasteiger partial charge in [-0.3, -0.25) is 4.79 Å². The van der Waals surface area contributed by atoms with Crippen LogP contribution in [0.2, 0.25) is 0 Å². The number of ether oxygens (including phenoxy) is 1. The van der Waals surface area contributed by atoms with Crippen molar-refractivity contribution in [3.63, 3.8) is 0 Å². The largest absolute Gasteiger partial charge is 0.376 e. The third kappa shape index (κ3) is 3.52. The lowest BCUT2D eigenvalue weighted by molar-refractivity contribution is 0.0730. The van der Waals surface area contributed by atoms with Crippen LogP contribution < -0.4 is 0 Å². The van der Waals surface area contributed by atoms with E-state index in [1.165, 1.54) is 5.56 Å². The van der Waals surface area contributed by atoms with Gasteiger partial charge in [0, 0.05) is 19.1 Å². The standard InChI is InChI=1S/C17H18O2/c1-13-7-6-10-15(11-13)17(19-2)12-16(18)14-8-4-3-5-9-14/h3-11,17H,12H2,1-2H3. The maximum atomic E-state index is 12.2.